The highest BCUT2D eigenvalue weighted by atomic mass is 16.3. The van der Waals surface area contributed by atoms with Gasteiger partial charge < -0.3 is 15.7 Å². The van der Waals surface area contributed by atoms with Crippen LogP contribution in [0.1, 0.15) is 37.8 Å². The Morgan fingerprint density at radius 1 is 1.32 bits per heavy atom. The summed E-state index contributed by atoms with van der Waals surface area (Å²) in [6.07, 6.45) is 2.55. The first-order chi connectivity index (χ1) is 10.7. The molecule has 1 aliphatic heterocycles. The van der Waals surface area contributed by atoms with Crippen LogP contribution in [0, 0.1) is 0 Å². The van der Waals surface area contributed by atoms with Crippen LogP contribution in [-0.4, -0.2) is 48.3 Å². The number of nitrogens with one attached hydrogen (secondary N) is 2. The lowest BCUT2D eigenvalue weighted by Gasteiger charge is -2.36. The van der Waals surface area contributed by atoms with E-state index in [1.807, 2.05) is 6.07 Å². The van der Waals surface area contributed by atoms with Crippen molar-refractivity contribution < 1.29 is 9.90 Å². The molecule has 0 radical (unpaired) electrons. The molecule has 3 N–H and O–H groups in total. The fraction of sp³-hybridized carbons (Fsp3) is 0.588. The van der Waals surface area contributed by atoms with Gasteiger partial charge in [-0.05, 0) is 31.7 Å². The molecule has 1 aliphatic rings. The van der Waals surface area contributed by atoms with E-state index in [1.165, 1.54) is 5.56 Å². The van der Waals surface area contributed by atoms with Crippen LogP contribution in [0.2, 0.25) is 0 Å². The number of nitrogens with zero attached hydrogens (tertiary/aromatic N) is 1. The minimum atomic E-state index is -0.122. The smallest absolute Gasteiger partial charge is 0.315 e. The van der Waals surface area contributed by atoms with Crippen LogP contribution in [0.5, 0.6) is 0 Å². The number of piperidine rings is 1. The number of carbonyl (C=O) groups is 1. The van der Waals surface area contributed by atoms with E-state index in [4.69, 9.17) is 5.11 Å². The highest BCUT2D eigenvalue weighted by molar-refractivity contribution is 5.74. The van der Waals surface area contributed by atoms with Crippen LogP contribution in [-0.2, 0) is 0 Å². The first-order valence-corrected chi connectivity index (χ1v) is 8.15. The van der Waals surface area contributed by atoms with Crippen LogP contribution in [0.15, 0.2) is 30.3 Å². The summed E-state index contributed by atoms with van der Waals surface area (Å²) in [7, 11) is 0. The summed E-state index contributed by atoms with van der Waals surface area (Å²) in [5, 5.41) is 14.5. The zero-order valence-corrected chi connectivity index (χ0v) is 13.3. The average molecular weight is 305 g/mol. The average Bonchev–Trinajstić information content (AvgIpc) is 2.56. The number of likely N-dealkylation sites (tertiary alicyclic amines) is 1. The minimum Gasteiger partial charge on any atom is -0.396 e. The van der Waals surface area contributed by atoms with Crippen molar-refractivity contribution in [2.45, 2.75) is 38.3 Å². The Balaban J connectivity index is 1.72. The van der Waals surface area contributed by atoms with Gasteiger partial charge in [0.05, 0.1) is 0 Å². The van der Waals surface area contributed by atoms with Crippen molar-refractivity contribution in [2.24, 2.45) is 0 Å². The molecular weight excluding hydrogens is 278 g/mol. The molecule has 5 nitrogen and oxygen atoms in total. The summed E-state index contributed by atoms with van der Waals surface area (Å²) >= 11 is 0. The first-order valence-electron chi connectivity index (χ1n) is 8.15. The Labute approximate surface area is 132 Å². The third-order valence-electron chi connectivity index (χ3n) is 4.31. The van der Waals surface area contributed by atoms with Gasteiger partial charge in [-0.3, -0.25) is 4.90 Å². The number of hydrogen-bond donors (Lipinski definition) is 3. The van der Waals surface area contributed by atoms with Gasteiger partial charge in [-0.25, -0.2) is 4.79 Å². The fourth-order valence-electron chi connectivity index (χ4n) is 2.89. The predicted octanol–water partition coefficient (Wildman–Crippen LogP) is 1.89. The summed E-state index contributed by atoms with van der Waals surface area (Å²) < 4.78 is 0. The van der Waals surface area contributed by atoms with E-state index in [-0.39, 0.29) is 18.7 Å². The molecule has 1 unspecified atom stereocenters. The Morgan fingerprint density at radius 3 is 2.64 bits per heavy atom. The minimum absolute atomic E-state index is 0.107. The number of aliphatic hydroxyl groups is 1. The van der Waals surface area contributed by atoms with Gasteiger partial charge in [0.1, 0.15) is 0 Å². The maximum atomic E-state index is 11.7. The van der Waals surface area contributed by atoms with E-state index in [2.05, 4.69) is 46.7 Å². The van der Waals surface area contributed by atoms with Crippen molar-refractivity contribution in [2.75, 3.05) is 26.2 Å². The Hall–Kier alpha value is -1.59. The van der Waals surface area contributed by atoms with Gasteiger partial charge in [-0.1, -0.05) is 30.3 Å². The molecular formula is C17H27N3O2. The molecule has 2 rings (SSSR count). The van der Waals surface area contributed by atoms with Gasteiger partial charge in [0, 0.05) is 38.3 Å². The highest BCUT2D eigenvalue weighted by Gasteiger charge is 2.24. The Bertz CT molecular complexity index is 444. The third-order valence-corrected chi connectivity index (χ3v) is 4.31. The van der Waals surface area contributed by atoms with Gasteiger partial charge in [0.25, 0.3) is 0 Å². The summed E-state index contributed by atoms with van der Waals surface area (Å²) in [6, 6.07) is 11.1. The van der Waals surface area contributed by atoms with E-state index in [1.54, 1.807) is 0 Å². The zero-order chi connectivity index (χ0) is 15.8. The lowest BCUT2D eigenvalue weighted by Crippen LogP contribution is -2.48. The molecule has 1 fully saturated rings. The van der Waals surface area contributed by atoms with Crippen LogP contribution in [0.3, 0.4) is 0 Å². The van der Waals surface area contributed by atoms with E-state index in [9.17, 15) is 4.79 Å². The molecule has 1 aromatic carbocycles. The Kier molecular flexibility index (Phi) is 6.68. The largest absolute Gasteiger partial charge is 0.396 e. The number of benzene rings is 1. The topological polar surface area (TPSA) is 64.6 Å². The molecule has 1 heterocycles. The molecule has 1 aromatic rings. The van der Waals surface area contributed by atoms with Gasteiger partial charge in [0.15, 0.2) is 0 Å². The molecule has 0 aliphatic carbocycles. The maximum Gasteiger partial charge on any atom is 0.315 e. The third kappa shape index (κ3) is 5.00. The van der Waals surface area contributed by atoms with Crippen LogP contribution in [0.4, 0.5) is 4.79 Å². The first kappa shape index (κ1) is 16.8. The molecule has 22 heavy (non-hydrogen) atoms. The van der Waals surface area contributed by atoms with Crippen molar-refractivity contribution in [1.29, 1.82) is 0 Å². The number of urea groups is 1. The number of amides is 2. The second-order valence-electron chi connectivity index (χ2n) is 5.87. The lowest BCUT2D eigenvalue weighted by atomic mass is 10.0. The molecule has 1 atom stereocenters. The van der Waals surface area contributed by atoms with Crippen molar-refractivity contribution in [3.05, 3.63) is 35.9 Å². The van der Waals surface area contributed by atoms with Gasteiger partial charge in [-0.15, -0.1) is 0 Å². The summed E-state index contributed by atoms with van der Waals surface area (Å²) in [5.41, 5.74) is 1.34. The summed E-state index contributed by atoms with van der Waals surface area (Å²) in [4.78, 5) is 14.2. The van der Waals surface area contributed by atoms with Crippen LogP contribution < -0.4 is 10.6 Å². The monoisotopic (exact) mass is 305 g/mol. The Morgan fingerprint density at radius 2 is 2.00 bits per heavy atom. The second kappa shape index (κ2) is 8.76. The molecule has 5 heteroatoms. The van der Waals surface area contributed by atoms with E-state index in [0.717, 1.165) is 25.9 Å². The van der Waals surface area contributed by atoms with Crippen molar-refractivity contribution in [1.82, 2.24) is 15.5 Å². The quantitative estimate of drug-likeness (QED) is 0.703. The van der Waals surface area contributed by atoms with E-state index >= 15 is 0 Å². The molecule has 122 valence electrons. The number of carbonyl (C=O) groups excluding carboxylic acids is 1. The summed E-state index contributed by atoms with van der Waals surface area (Å²) in [6.45, 7) is 4.86. The van der Waals surface area contributed by atoms with Crippen LogP contribution >= 0.6 is 0 Å². The van der Waals surface area contributed by atoms with Gasteiger partial charge >= 0.3 is 6.03 Å². The molecule has 0 aromatic heterocycles. The number of hydrogen-bond acceptors (Lipinski definition) is 3. The predicted molar refractivity (Wildman–Crippen MR) is 87.7 cm³/mol. The van der Waals surface area contributed by atoms with Crippen LogP contribution in [0.25, 0.3) is 0 Å². The SMILES string of the molecule is CC(c1ccccc1)N1CCC(NC(=O)NCCCO)CC1. The molecule has 0 saturated carbocycles. The zero-order valence-electron chi connectivity index (χ0n) is 13.3. The van der Waals surface area contributed by atoms with Gasteiger partial charge in [0.2, 0.25) is 0 Å². The van der Waals surface area contributed by atoms with E-state index < -0.39 is 0 Å². The number of aliphatic hydroxyl groups excluding tert-OH is 1. The summed E-state index contributed by atoms with van der Waals surface area (Å²) in [5.74, 6) is 0. The van der Waals surface area contributed by atoms with Gasteiger partial charge in [-0.2, -0.15) is 0 Å². The lowest BCUT2D eigenvalue weighted by molar-refractivity contribution is 0.153. The standard InChI is InChI=1S/C17H27N3O2/c1-14(15-6-3-2-4-7-15)20-11-8-16(9-12-20)19-17(22)18-10-5-13-21/h2-4,6-7,14,16,21H,5,8-13H2,1H3,(H2,18,19,22). The van der Waals surface area contributed by atoms with Crippen molar-refractivity contribution in [3.8, 4) is 0 Å². The molecule has 1 saturated heterocycles. The van der Waals surface area contributed by atoms with E-state index in [0.29, 0.717) is 19.0 Å². The fourth-order valence-corrected chi connectivity index (χ4v) is 2.89. The second-order valence-corrected chi connectivity index (χ2v) is 5.87. The molecule has 0 bridgehead atoms. The number of rotatable bonds is 6. The molecule has 0 spiro atoms. The maximum absolute atomic E-state index is 11.7. The normalized spacial score (nSPS) is 17.9. The van der Waals surface area contributed by atoms with Crippen molar-refractivity contribution in [3.63, 3.8) is 0 Å². The van der Waals surface area contributed by atoms with Crippen molar-refractivity contribution >= 4 is 6.03 Å². The highest BCUT2D eigenvalue weighted by Crippen LogP contribution is 2.23. The molecule has 2 amide bonds.